The smallest absolute Gasteiger partial charge is 0.222 e. The summed E-state index contributed by atoms with van der Waals surface area (Å²) in [7, 11) is 1.68. The summed E-state index contributed by atoms with van der Waals surface area (Å²) in [5.74, 6) is 2.84. The second-order valence-electron chi connectivity index (χ2n) is 8.51. The van der Waals surface area contributed by atoms with Crippen molar-refractivity contribution in [3.63, 3.8) is 0 Å². The highest BCUT2D eigenvalue weighted by molar-refractivity contribution is 5.76. The van der Waals surface area contributed by atoms with Crippen LogP contribution in [0.4, 0.5) is 0 Å². The Morgan fingerprint density at radius 3 is 2.48 bits per heavy atom. The minimum absolute atomic E-state index is 0.318. The van der Waals surface area contributed by atoms with E-state index in [4.69, 9.17) is 4.74 Å². The van der Waals surface area contributed by atoms with Gasteiger partial charge in [-0.25, -0.2) is 0 Å². The fraction of sp³-hybridized carbons (Fsp3) is 0.696. The van der Waals surface area contributed by atoms with Crippen molar-refractivity contribution in [1.29, 1.82) is 0 Å². The average Bonchev–Trinajstić information content (AvgIpc) is 2.94. The molecule has 1 atom stereocenters. The van der Waals surface area contributed by atoms with Crippen LogP contribution in [0.1, 0.15) is 51.0 Å². The van der Waals surface area contributed by atoms with Crippen LogP contribution in [-0.4, -0.2) is 55.5 Å². The molecule has 2 heterocycles. The lowest BCUT2D eigenvalue weighted by atomic mass is 9.95. The van der Waals surface area contributed by atoms with Gasteiger partial charge in [0, 0.05) is 26.1 Å². The summed E-state index contributed by atoms with van der Waals surface area (Å²) in [5, 5.41) is 0. The molecule has 3 rings (SSSR count). The zero-order chi connectivity index (χ0) is 19.1. The van der Waals surface area contributed by atoms with Crippen LogP contribution >= 0.6 is 0 Å². The fourth-order valence-electron chi connectivity index (χ4n) is 4.41. The summed E-state index contributed by atoms with van der Waals surface area (Å²) in [6, 6.07) is 8.06. The lowest BCUT2D eigenvalue weighted by molar-refractivity contribution is -0.131. The van der Waals surface area contributed by atoms with E-state index in [1.54, 1.807) is 7.11 Å². The molecule has 0 N–H and O–H groups in total. The Morgan fingerprint density at radius 2 is 1.78 bits per heavy atom. The number of amides is 1. The minimum atomic E-state index is 0.318. The third-order valence-electron chi connectivity index (χ3n) is 6.38. The van der Waals surface area contributed by atoms with Crippen molar-refractivity contribution in [2.45, 2.75) is 51.9 Å². The van der Waals surface area contributed by atoms with Gasteiger partial charge in [0.2, 0.25) is 5.91 Å². The Hall–Kier alpha value is -1.55. The minimum Gasteiger partial charge on any atom is -0.497 e. The number of likely N-dealkylation sites (tertiary alicyclic amines) is 2. The number of benzene rings is 1. The number of methoxy groups -OCH3 is 1. The highest BCUT2D eigenvalue weighted by Gasteiger charge is 2.23. The average molecular weight is 373 g/mol. The first-order chi connectivity index (χ1) is 13.1. The van der Waals surface area contributed by atoms with Crippen molar-refractivity contribution in [1.82, 2.24) is 9.80 Å². The van der Waals surface area contributed by atoms with Gasteiger partial charge in [0.15, 0.2) is 0 Å². The molecule has 27 heavy (non-hydrogen) atoms. The summed E-state index contributed by atoms with van der Waals surface area (Å²) in [6.07, 6.45) is 7.72. The van der Waals surface area contributed by atoms with E-state index in [0.29, 0.717) is 12.3 Å². The number of piperidine rings is 1. The standard InChI is InChI=1S/C23H36N2O2/c1-19-11-15-24(16-12-19)18-21-4-3-14-25(17-13-21)23(26)10-7-20-5-8-22(27-2)9-6-20/h5-6,8-9,19,21H,3-4,7,10-18H2,1-2H3. The summed E-state index contributed by atoms with van der Waals surface area (Å²) < 4.78 is 5.19. The van der Waals surface area contributed by atoms with Gasteiger partial charge >= 0.3 is 0 Å². The first-order valence-electron chi connectivity index (χ1n) is 10.8. The number of hydrogen-bond donors (Lipinski definition) is 0. The third kappa shape index (κ3) is 6.24. The molecule has 4 heteroatoms. The molecule has 0 radical (unpaired) electrons. The number of ether oxygens (including phenoxy) is 1. The molecule has 1 aromatic carbocycles. The zero-order valence-corrected chi connectivity index (χ0v) is 17.2. The van der Waals surface area contributed by atoms with E-state index in [-0.39, 0.29) is 0 Å². The normalized spacial score (nSPS) is 22.4. The number of carbonyl (C=O) groups is 1. The highest BCUT2D eigenvalue weighted by Crippen LogP contribution is 2.23. The van der Waals surface area contributed by atoms with Crippen LogP contribution in [0.25, 0.3) is 0 Å². The van der Waals surface area contributed by atoms with Crippen LogP contribution in [0.5, 0.6) is 5.75 Å². The summed E-state index contributed by atoms with van der Waals surface area (Å²) in [6.45, 7) is 8.02. The molecule has 150 valence electrons. The first-order valence-corrected chi connectivity index (χ1v) is 10.8. The third-order valence-corrected chi connectivity index (χ3v) is 6.38. The van der Waals surface area contributed by atoms with E-state index in [1.165, 1.54) is 50.9 Å². The Labute approximate surface area is 164 Å². The molecular formula is C23H36N2O2. The van der Waals surface area contributed by atoms with Crippen molar-refractivity contribution in [2.75, 3.05) is 39.8 Å². The molecular weight excluding hydrogens is 336 g/mol. The van der Waals surface area contributed by atoms with Gasteiger partial charge in [-0.15, -0.1) is 0 Å². The van der Waals surface area contributed by atoms with E-state index < -0.39 is 0 Å². The number of nitrogens with zero attached hydrogens (tertiary/aromatic N) is 2. The molecule has 2 aliphatic heterocycles. The molecule has 0 aromatic heterocycles. The molecule has 0 aliphatic carbocycles. The summed E-state index contributed by atoms with van der Waals surface area (Å²) in [5.41, 5.74) is 1.20. The molecule has 1 aromatic rings. The van der Waals surface area contributed by atoms with Gasteiger partial charge < -0.3 is 14.5 Å². The van der Waals surface area contributed by atoms with Crippen LogP contribution in [0.15, 0.2) is 24.3 Å². The largest absolute Gasteiger partial charge is 0.497 e. The van der Waals surface area contributed by atoms with Gasteiger partial charge in [-0.3, -0.25) is 4.79 Å². The lowest BCUT2D eigenvalue weighted by Crippen LogP contribution is -2.37. The van der Waals surface area contributed by atoms with Crippen LogP contribution in [0.3, 0.4) is 0 Å². The van der Waals surface area contributed by atoms with E-state index in [1.807, 2.05) is 12.1 Å². The van der Waals surface area contributed by atoms with Gasteiger partial charge in [0.05, 0.1) is 7.11 Å². The predicted molar refractivity (Wildman–Crippen MR) is 110 cm³/mol. The van der Waals surface area contributed by atoms with Gasteiger partial charge in [0.25, 0.3) is 0 Å². The van der Waals surface area contributed by atoms with Crippen LogP contribution < -0.4 is 4.74 Å². The Morgan fingerprint density at radius 1 is 1.04 bits per heavy atom. The maximum Gasteiger partial charge on any atom is 0.222 e. The predicted octanol–water partition coefficient (Wildman–Crippen LogP) is 3.99. The second kappa shape index (κ2) is 10.1. The molecule has 0 bridgehead atoms. The number of carbonyl (C=O) groups excluding carboxylic acids is 1. The van der Waals surface area contributed by atoms with E-state index in [2.05, 4.69) is 28.9 Å². The fourth-order valence-corrected chi connectivity index (χ4v) is 4.41. The Balaban J connectivity index is 1.40. The van der Waals surface area contributed by atoms with Crippen molar-refractivity contribution in [3.05, 3.63) is 29.8 Å². The van der Waals surface area contributed by atoms with Gasteiger partial charge in [-0.1, -0.05) is 19.1 Å². The van der Waals surface area contributed by atoms with Crippen LogP contribution in [-0.2, 0) is 11.2 Å². The molecule has 1 unspecified atom stereocenters. The van der Waals surface area contributed by atoms with Gasteiger partial charge in [-0.05, 0) is 81.1 Å². The van der Waals surface area contributed by atoms with Gasteiger partial charge in [0.1, 0.15) is 5.75 Å². The molecule has 4 nitrogen and oxygen atoms in total. The van der Waals surface area contributed by atoms with E-state index >= 15 is 0 Å². The van der Waals surface area contributed by atoms with Crippen molar-refractivity contribution < 1.29 is 9.53 Å². The topological polar surface area (TPSA) is 32.8 Å². The van der Waals surface area contributed by atoms with Crippen molar-refractivity contribution in [2.24, 2.45) is 11.8 Å². The second-order valence-corrected chi connectivity index (χ2v) is 8.51. The monoisotopic (exact) mass is 372 g/mol. The Bertz CT molecular complexity index is 579. The maximum atomic E-state index is 12.7. The lowest BCUT2D eigenvalue weighted by Gasteiger charge is -2.32. The number of rotatable bonds is 6. The molecule has 2 aliphatic rings. The number of hydrogen-bond acceptors (Lipinski definition) is 3. The van der Waals surface area contributed by atoms with E-state index in [9.17, 15) is 4.79 Å². The molecule has 0 saturated carbocycles. The first kappa shape index (κ1) is 20.2. The zero-order valence-electron chi connectivity index (χ0n) is 17.2. The summed E-state index contributed by atoms with van der Waals surface area (Å²) >= 11 is 0. The van der Waals surface area contributed by atoms with Crippen molar-refractivity contribution >= 4 is 5.91 Å². The van der Waals surface area contributed by atoms with E-state index in [0.717, 1.165) is 43.5 Å². The molecule has 1 amide bonds. The van der Waals surface area contributed by atoms with Crippen molar-refractivity contribution in [3.8, 4) is 5.75 Å². The molecule has 2 saturated heterocycles. The van der Waals surface area contributed by atoms with Gasteiger partial charge in [-0.2, -0.15) is 0 Å². The Kier molecular flexibility index (Phi) is 7.57. The SMILES string of the molecule is COc1ccc(CCC(=O)N2CCCC(CN3CCC(C)CC3)CC2)cc1. The molecule has 0 spiro atoms. The number of aryl methyl sites for hydroxylation is 1. The summed E-state index contributed by atoms with van der Waals surface area (Å²) in [4.78, 5) is 17.4. The highest BCUT2D eigenvalue weighted by atomic mass is 16.5. The van der Waals surface area contributed by atoms with Crippen LogP contribution in [0.2, 0.25) is 0 Å². The quantitative estimate of drug-likeness (QED) is 0.757. The maximum absolute atomic E-state index is 12.7. The molecule has 2 fully saturated rings. The van der Waals surface area contributed by atoms with Crippen LogP contribution in [0, 0.1) is 11.8 Å².